The average molecular weight is 458 g/mol. The van der Waals surface area contributed by atoms with Crippen LogP contribution in [-0.4, -0.2) is 13.5 Å². The van der Waals surface area contributed by atoms with Crippen molar-refractivity contribution in [3.05, 3.63) is 55.6 Å². The Labute approximate surface area is 146 Å². The second-order valence-corrected chi connectivity index (χ2v) is 7.83. The first-order chi connectivity index (χ1) is 9.83. The molecule has 0 bridgehead atoms. The highest BCUT2D eigenvalue weighted by Gasteiger charge is 2.17. The van der Waals surface area contributed by atoms with E-state index in [9.17, 15) is 8.42 Å². The maximum atomic E-state index is 12.3. The predicted octanol–water partition coefficient (Wildman–Crippen LogP) is 3.89. The van der Waals surface area contributed by atoms with Gasteiger partial charge in [0.25, 0.3) is 10.0 Å². The molecule has 0 aliphatic heterocycles. The third-order valence-electron chi connectivity index (χ3n) is 2.67. The van der Waals surface area contributed by atoms with E-state index in [1.807, 2.05) is 22.6 Å². The maximum Gasteiger partial charge on any atom is 0.261 e. The largest absolute Gasteiger partial charge is 0.392 e. The van der Waals surface area contributed by atoms with Crippen molar-refractivity contribution in [1.82, 2.24) is 0 Å². The van der Waals surface area contributed by atoms with Crippen LogP contribution in [0.5, 0.6) is 0 Å². The van der Waals surface area contributed by atoms with E-state index in [0.29, 0.717) is 24.9 Å². The number of anilines is 1. The molecule has 0 fully saturated rings. The fourth-order valence-electron chi connectivity index (χ4n) is 1.62. The number of rotatable bonds is 4. The number of halogens is 3. The van der Waals surface area contributed by atoms with Gasteiger partial charge in [0.1, 0.15) is 0 Å². The van der Waals surface area contributed by atoms with Gasteiger partial charge in [-0.05, 0) is 64.6 Å². The molecule has 0 atom stereocenters. The number of hydrogen-bond donors (Lipinski definition) is 2. The Hall–Kier alpha value is -0.540. The lowest BCUT2D eigenvalue weighted by molar-refractivity contribution is 0.281. The normalized spacial score (nSPS) is 11.4. The molecule has 0 aliphatic rings. The van der Waals surface area contributed by atoms with Crippen LogP contribution in [0.25, 0.3) is 0 Å². The van der Waals surface area contributed by atoms with Gasteiger partial charge >= 0.3 is 0 Å². The van der Waals surface area contributed by atoms with Gasteiger partial charge in [-0.15, -0.1) is 0 Å². The third kappa shape index (κ3) is 4.01. The molecule has 2 N–H and O–H groups in total. The van der Waals surface area contributed by atoms with E-state index in [-0.39, 0.29) is 11.5 Å². The number of hydrogen-bond acceptors (Lipinski definition) is 3. The zero-order valence-corrected chi connectivity index (χ0v) is 15.0. The lowest BCUT2D eigenvalue weighted by Crippen LogP contribution is -2.14. The lowest BCUT2D eigenvalue weighted by Gasteiger charge is -2.11. The first-order valence-corrected chi connectivity index (χ1v) is 9.02. The molecule has 0 aromatic heterocycles. The fourth-order valence-corrected chi connectivity index (χ4v) is 4.11. The number of nitrogens with one attached hydrogen (secondary N) is 1. The smallest absolute Gasteiger partial charge is 0.261 e. The number of aliphatic hydroxyl groups is 1. The second-order valence-electron chi connectivity index (χ2n) is 4.14. The standard InChI is InChI=1S/C13H10Cl2INO3S/c14-9-1-4-13(12(16)6-9)17-21(19,20)10-2-3-11(15)8(5-10)7-18/h1-6,17-18H,7H2. The van der Waals surface area contributed by atoms with Crippen molar-refractivity contribution in [2.45, 2.75) is 11.5 Å². The maximum absolute atomic E-state index is 12.3. The molecule has 0 amide bonds. The highest BCUT2D eigenvalue weighted by molar-refractivity contribution is 14.1. The monoisotopic (exact) mass is 457 g/mol. The van der Waals surface area contributed by atoms with Crippen molar-refractivity contribution in [1.29, 1.82) is 0 Å². The Bertz CT molecular complexity index is 781. The molecule has 112 valence electrons. The van der Waals surface area contributed by atoms with Crippen molar-refractivity contribution in [3.8, 4) is 0 Å². The molecule has 21 heavy (non-hydrogen) atoms. The molecule has 8 heteroatoms. The van der Waals surface area contributed by atoms with Gasteiger partial charge in [-0.3, -0.25) is 4.72 Å². The van der Waals surface area contributed by atoms with Crippen LogP contribution in [0.4, 0.5) is 5.69 Å². The average Bonchev–Trinajstić information content (AvgIpc) is 2.42. The summed E-state index contributed by atoms with van der Waals surface area (Å²) in [6.45, 7) is -0.333. The van der Waals surface area contributed by atoms with Crippen LogP contribution in [-0.2, 0) is 16.6 Å². The SMILES string of the molecule is O=S(=O)(Nc1ccc(Cl)cc1I)c1ccc(Cl)c(CO)c1. The molecular weight excluding hydrogens is 448 g/mol. The van der Waals surface area contributed by atoms with Crippen LogP contribution in [0.2, 0.25) is 10.0 Å². The van der Waals surface area contributed by atoms with Gasteiger partial charge < -0.3 is 5.11 Å². The van der Waals surface area contributed by atoms with Crippen molar-refractivity contribution >= 4 is 61.5 Å². The lowest BCUT2D eigenvalue weighted by atomic mass is 10.2. The molecule has 0 aliphatic carbocycles. The van der Waals surface area contributed by atoms with Crippen LogP contribution in [0, 0.1) is 3.57 Å². The Kier molecular flexibility index (Phi) is 5.37. The molecule has 4 nitrogen and oxygen atoms in total. The first-order valence-electron chi connectivity index (χ1n) is 5.70. The van der Waals surface area contributed by atoms with E-state index < -0.39 is 10.0 Å². The molecule has 0 saturated carbocycles. The second kappa shape index (κ2) is 6.70. The molecular formula is C13H10Cl2INO3S. The minimum absolute atomic E-state index is 0.0294. The van der Waals surface area contributed by atoms with E-state index in [1.165, 1.54) is 18.2 Å². The topological polar surface area (TPSA) is 66.4 Å². The Morgan fingerprint density at radius 1 is 1.14 bits per heavy atom. The minimum atomic E-state index is -3.77. The van der Waals surface area contributed by atoms with Crippen molar-refractivity contribution in [2.24, 2.45) is 0 Å². The summed E-state index contributed by atoms with van der Waals surface area (Å²) in [4.78, 5) is 0.0294. The van der Waals surface area contributed by atoms with Crippen molar-refractivity contribution in [3.63, 3.8) is 0 Å². The van der Waals surface area contributed by atoms with Crippen LogP contribution in [0.15, 0.2) is 41.3 Å². The number of benzene rings is 2. The van der Waals surface area contributed by atoms with Gasteiger partial charge in [-0.1, -0.05) is 23.2 Å². The summed E-state index contributed by atoms with van der Waals surface area (Å²) in [6, 6.07) is 9.00. The van der Waals surface area contributed by atoms with Crippen molar-refractivity contribution in [2.75, 3.05) is 4.72 Å². The fraction of sp³-hybridized carbons (Fsp3) is 0.0769. The van der Waals surface area contributed by atoms with E-state index in [4.69, 9.17) is 28.3 Å². The number of sulfonamides is 1. The summed E-state index contributed by atoms with van der Waals surface area (Å²) in [7, 11) is -3.77. The molecule has 0 saturated heterocycles. The van der Waals surface area contributed by atoms with Gasteiger partial charge in [0, 0.05) is 13.6 Å². The molecule has 0 spiro atoms. The van der Waals surface area contributed by atoms with Gasteiger partial charge in [-0.25, -0.2) is 8.42 Å². The number of aliphatic hydroxyl groups excluding tert-OH is 1. The molecule has 0 unspecified atom stereocenters. The molecule has 0 radical (unpaired) electrons. The van der Waals surface area contributed by atoms with E-state index >= 15 is 0 Å². The highest BCUT2D eigenvalue weighted by atomic mass is 127. The quantitative estimate of drug-likeness (QED) is 0.684. The van der Waals surface area contributed by atoms with Crippen LogP contribution in [0.1, 0.15) is 5.56 Å². The zero-order chi connectivity index (χ0) is 15.6. The highest BCUT2D eigenvalue weighted by Crippen LogP contribution is 2.26. The third-order valence-corrected chi connectivity index (χ3v) is 5.53. The summed E-state index contributed by atoms with van der Waals surface area (Å²) in [6.07, 6.45) is 0. The molecule has 0 heterocycles. The van der Waals surface area contributed by atoms with Gasteiger partial charge in [-0.2, -0.15) is 0 Å². The van der Waals surface area contributed by atoms with Gasteiger partial charge in [0.15, 0.2) is 0 Å². The van der Waals surface area contributed by atoms with Crippen LogP contribution < -0.4 is 4.72 Å². The summed E-state index contributed by atoms with van der Waals surface area (Å²) in [5, 5.41) is 10.00. The summed E-state index contributed by atoms with van der Waals surface area (Å²) < 4.78 is 27.9. The van der Waals surface area contributed by atoms with E-state index in [0.717, 1.165) is 0 Å². The van der Waals surface area contributed by atoms with Gasteiger partial charge in [0.05, 0.1) is 17.2 Å². The summed E-state index contributed by atoms with van der Waals surface area (Å²) in [5.74, 6) is 0. The predicted molar refractivity (Wildman–Crippen MR) is 92.4 cm³/mol. The Balaban J connectivity index is 2.38. The zero-order valence-electron chi connectivity index (χ0n) is 10.5. The van der Waals surface area contributed by atoms with E-state index in [2.05, 4.69) is 4.72 Å². The summed E-state index contributed by atoms with van der Waals surface area (Å²) >= 11 is 13.7. The van der Waals surface area contributed by atoms with E-state index in [1.54, 1.807) is 18.2 Å². The summed E-state index contributed by atoms with van der Waals surface area (Å²) in [5.41, 5.74) is 0.783. The Morgan fingerprint density at radius 2 is 1.86 bits per heavy atom. The van der Waals surface area contributed by atoms with Gasteiger partial charge in [0.2, 0.25) is 0 Å². The molecule has 2 rings (SSSR count). The Morgan fingerprint density at radius 3 is 2.48 bits per heavy atom. The molecule has 2 aromatic rings. The minimum Gasteiger partial charge on any atom is -0.392 e. The van der Waals surface area contributed by atoms with Crippen LogP contribution in [0.3, 0.4) is 0 Å². The van der Waals surface area contributed by atoms with Crippen LogP contribution >= 0.6 is 45.8 Å². The first kappa shape index (κ1) is 16.8. The van der Waals surface area contributed by atoms with Crippen molar-refractivity contribution < 1.29 is 13.5 Å². The molecule has 2 aromatic carbocycles.